The van der Waals surface area contributed by atoms with Crippen molar-refractivity contribution in [1.29, 1.82) is 0 Å². The topological polar surface area (TPSA) is 51.8 Å². The van der Waals surface area contributed by atoms with E-state index in [-0.39, 0.29) is 0 Å². The average Bonchev–Trinajstić information content (AvgIpc) is 3.72. The van der Waals surface area contributed by atoms with Crippen LogP contribution < -0.4 is 0 Å². The Hall–Kier alpha value is -8.21. The van der Waals surface area contributed by atoms with Gasteiger partial charge in [-0.15, -0.1) is 0 Å². The molecule has 0 aliphatic rings. The number of rotatable bonds is 6. The fourth-order valence-corrected chi connectivity index (χ4v) is 9.18. The second-order valence-corrected chi connectivity index (χ2v) is 15.4. The molecular formula is C57H35N3O. The van der Waals surface area contributed by atoms with Crippen molar-refractivity contribution in [2.24, 2.45) is 0 Å². The minimum atomic E-state index is 0.553. The lowest BCUT2D eigenvalue weighted by Gasteiger charge is -2.19. The Kier molecular flexibility index (Phi) is 8.13. The lowest BCUT2D eigenvalue weighted by molar-refractivity contribution is 0.669. The zero-order valence-electron chi connectivity index (χ0n) is 33.0. The molecule has 0 amide bonds. The number of nitrogens with zero attached hydrogens (tertiary/aromatic N) is 3. The van der Waals surface area contributed by atoms with Crippen LogP contribution in [-0.2, 0) is 0 Å². The van der Waals surface area contributed by atoms with Gasteiger partial charge in [-0.05, 0) is 77.8 Å². The van der Waals surface area contributed by atoms with Gasteiger partial charge in [0.2, 0.25) is 0 Å². The molecule has 0 aliphatic carbocycles. The van der Waals surface area contributed by atoms with E-state index in [1.54, 1.807) is 0 Å². The maximum absolute atomic E-state index is 6.51. The van der Waals surface area contributed by atoms with E-state index in [9.17, 15) is 0 Å². The molecule has 0 atom stereocenters. The summed E-state index contributed by atoms with van der Waals surface area (Å²) in [7, 11) is 0. The third-order valence-corrected chi connectivity index (χ3v) is 12.0. The molecule has 0 fully saturated rings. The Bertz CT molecular complexity index is 3580. The number of hydrogen-bond donors (Lipinski definition) is 0. The monoisotopic (exact) mass is 777 g/mol. The summed E-state index contributed by atoms with van der Waals surface area (Å²) in [6, 6.07) is 74.7. The summed E-state index contributed by atoms with van der Waals surface area (Å²) >= 11 is 0. The van der Waals surface area contributed by atoms with Gasteiger partial charge in [0.25, 0.3) is 0 Å². The van der Waals surface area contributed by atoms with Crippen molar-refractivity contribution in [3.63, 3.8) is 0 Å². The van der Waals surface area contributed by atoms with Crippen LogP contribution in [0.1, 0.15) is 0 Å². The Morgan fingerprint density at radius 1 is 0.262 bits per heavy atom. The fourth-order valence-electron chi connectivity index (χ4n) is 9.18. The van der Waals surface area contributed by atoms with Crippen molar-refractivity contribution < 1.29 is 4.42 Å². The summed E-state index contributed by atoms with van der Waals surface area (Å²) in [6.07, 6.45) is 0. The van der Waals surface area contributed by atoms with E-state index in [1.807, 2.05) is 36.4 Å². The molecule has 12 aromatic rings. The maximum atomic E-state index is 6.51. The first-order chi connectivity index (χ1) is 30.3. The van der Waals surface area contributed by atoms with Crippen LogP contribution >= 0.6 is 0 Å². The second-order valence-electron chi connectivity index (χ2n) is 15.4. The molecule has 0 aliphatic heterocycles. The highest BCUT2D eigenvalue weighted by molar-refractivity contribution is 6.23. The molecular weight excluding hydrogens is 743 g/mol. The minimum absolute atomic E-state index is 0.553. The Morgan fingerprint density at radius 2 is 0.738 bits per heavy atom. The van der Waals surface area contributed by atoms with Crippen LogP contribution in [0, 0.1) is 0 Å². The summed E-state index contributed by atoms with van der Waals surface area (Å²) in [5.74, 6) is 1.74. The Balaban J connectivity index is 1.05. The lowest BCUT2D eigenvalue weighted by atomic mass is 9.84. The minimum Gasteiger partial charge on any atom is -0.455 e. The van der Waals surface area contributed by atoms with Gasteiger partial charge in [-0.3, -0.25) is 0 Å². The predicted octanol–water partition coefficient (Wildman–Crippen LogP) is 15.2. The van der Waals surface area contributed by atoms with Crippen molar-refractivity contribution in [2.75, 3.05) is 0 Å². The summed E-state index contributed by atoms with van der Waals surface area (Å²) in [5.41, 5.74) is 11.2. The number of aromatic nitrogens is 3. The molecule has 0 saturated heterocycles. The second kappa shape index (κ2) is 14.3. The molecule has 4 nitrogen and oxygen atoms in total. The fraction of sp³-hybridized carbons (Fsp3) is 0. The molecule has 0 bridgehead atoms. The quantitative estimate of drug-likeness (QED) is 0.158. The third kappa shape index (κ3) is 5.80. The molecule has 12 rings (SSSR count). The van der Waals surface area contributed by atoms with Crippen molar-refractivity contribution in [3.8, 4) is 67.5 Å². The summed E-state index contributed by atoms with van der Waals surface area (Å²) in [6.45, 7) is 0. The summed E-state index contributed by atoms with van der Waals surface area (Å²) in [4.78, 5) is 15.6. The predicted molar refractivity (Wildman–Crippen MR) is 252 cm³/mol. The molecule has 0 unspecified atom stereocenters. The largest absolute Gasteiger partial charge is 0.455 e. The molecule has 0 N–H and O–H groups in total. The van der Waals surface area contributed by atoms with Gasteiger partial charge >= 0.3 is 0 Å². The highest BCUT2D eigenvalue weighted by Gasteiger charge is 2.21. The van der Waals surface area contributed by atoms with Gasteiger partial charge in [0.05, 0.1) is 5.56 Å². The zero-order valence-corrected chi connectivity index (χ0v) is 33.0. The van der Waals surface area contributed by atoms with Crippen molar-refractivity contribution in [1.82, 2.24) is 15.0 Å². The van der Waals surface area contributed by atoms with E-state index < -0.39 is 0 Å². The van der Waals surface area contributed by atoms with E-state index in [0.717, 1.165) is 55.3 Å². The Morgan fingerprint density at radius 3 is 1.48 bits per heavy atom. The van der Waals surface area contributed by atoms with Gasteiger partial charge < -0.3 is 4.42 Å². The first kappa shape index (κ1) is 34.8. The van der Waals surface area contributed by atoms with E-state index in [0.29, 0.717) is 17.5 Å². The highest BCUT2D eigenvalue weighted by atomic mass is 16.3. The van der Waals surface area contributed by atoms with Crippen LogP contribution in [0.4, 0.5) is 0 Å². The lowest BCUT2D eigenvalue weighted by Crippen LogP contribution is -2.01. The maximum Gasteiger partial charge on any atom is 0.167 e. The van der Waals surface area contributed by atoms with Gasteiger partial charge in [0.1, 0.15) is 11.2 Å². The van der Waals surface area contributed by atoms with Crippen molar-refractivity contribution in [3.05, 3.63) is 212 Å². The number of fused-ring (bicyclic) bond motifs is 6. The molecule has 61 heavy (non-hydrogen) atoms. The van der Waals surface area contributed by atoms with Gasteiger partial charge in [-0.25, -0.2) is 15.0 Å². The van der Waals surface area contributed by atoms with E-state index in [1.165, 1.54) is 49.0 Å². The SMILES string of the molecule is c1ccc(-c2ccccc2-c2nc(-c3ccc(-c4c5ccccc5c(-c5cccc6ccccc56)c5ccccc45)cc3)nc(-c3cccc4c3oc3ccccc34)n2)cc1. The third-order valence-electron chi connectivity index (χ3n) is 12.0. The summed E-state index contributed by atoms with van der Waals surface area (Å²) < 4.78 is 6.51. The zero-order chi connectivity index (χ0) is 40.3. The molecule has 2 heterocycles. The molecule has 0 saturated carbocycles. The molecule has 0 spiro atoms. The van der Waals surface area contributed by atoms with Crippen LogP contribution in [0.25, 0.3) is 122 Å². The standard InChI is InChI=1S/C57H35N3O/c1-2-16-36(17-3-1)41-21-6-11-27-49(41)56-58-55(59-57(60-56)50-30-15-29-48-42-22-12-13-31-51(42)61-54(48)50)39-34-32-38(33-35-39)52-44-23-7-9-25-46(44)53(47-26-10-8-24-45(47)52)43-28-14-19-37-18-4-5-20-40(37)43/h1-35H. The smallest absolute Gasteiger partial charge is 0.167 e. The van der Waals surface area contributed by atoms with Crippen LogP contribution in [0.3, 0.4) is 0 Å². The van der Waals surface area contributed by atoms with Gasteiger partial charge in [-0.1, -0.05) is 200 Å². The number of hydrogen-bond acceptors (Lipinski definition) is 4. The van der Waals surface area contributed by atoms with E-state index in [4.69, 9.17) is 19.4 Å². The van der Waals surface area contributed by atoms with Gasteiger partial charge in [0.15, 0.2) is 17.5 Å². The van der Waals surface area contributed by atoms with Crippen LogP contribution in [0.5, 0.6) is 0 Å². The summed E-state index contributed by atoms with van der Waals surface area (Å²) in [5, 5.41) is 9.42. The molecule has 284 valence electrons. The molecule has 4 heteroatoms. The average molecular weight is 778 g/mol. The van der Waals surface area contributed by atoms with Crippen LogP contribution in [0.15, 0.2) is 217 Å². The van der Waals surface area contributed by atoms with Crippen LogP contribution in [-0.4, -0.2) is 15.0 Å². The highest BCUT2D eigenvalue weighted by Crippen LogP contribution is 2.46. The number of furan rings is 1. The first-order valence-corrected chi connectivity index (χ1v) is 20.6. The normalized spacial score (nSPS) is 11.6. The molecule has 2 aromatic heterocycles. The van der Waals surface area contributed by atoms with Gasteiger partial charge in [-0.2, -0.15) is 0 Å². The van der Waals surface area contributed by atoms with Gasteiger partial charge in [0, 0.05) is 21.9 Å². The van der Waals surface area contributed by atoms with E-state index >= 15 is 0 Å². The van der Waals surface area contributed by atoms with Crippen molar-refractivity contribution in [2.45, 2.75) is 0 Å². The first-order valence-electron chi connectivity index (χ1n) is 20.6. The number of para-hydroxylation sites is 2. The van der Waals surface area contributed by atoms with Crippen molar-refractivity contribution >= 4 is 54.3 Å². The van der Waals surface area contributed by atoms with Crippen LogP contribution in [0.2, 0.25) is 0 Å². The molecule has 0 radical (unpaired) electrons. The number of benzene rings is 10. The van der Waals surface area contributed by atoms with E-state index in [2.05, 4.69) is 176 Å². The Labute approximate surface area is 352 Å². The molecule has 10 aromatic carbocycles.